The molecule has 0 bridgehead atoms. The number of aromatic nitrogens is 2. The first-order valence-corrected chi connectivity index (χ1v) is 6.55. The van der Waals surface area contributed by atoms with E-state index in [2.05, 4.69) is 28.1 Å². The molecule has 1 saturated heterocycles. The Morgan fingerprint density at radius 1 is 1.59 bits per heavy atom. The van der Waals surface area contributed by atoms with Gasteiger partial charge in [-0.15, -0.1) is 0 Å². The average molecular weight is 255 g/mol. The highest BCUT2D eigenvalue weighted by atomic mass is 32.1. The van der Waals surface area contributed by atoms with E-state index >= 15 is 0 Å². The molecule has 1 atom stereocenters. The van der Waals surface area contributed by atoms with Crippen molar-refractivity contribution in [2.24, 2.45) is 5.92 Å². The molecule has 1 aliphatic rings. The van der Waals surface area contributed by atoms with Crippen LogP contribution in [0, 0.1) is 5.92 Å². The topological polar surface area (TPSA) is 55.3 Å². The van der Waals surface area contributed by atoms with Gasteiger partial charge in [0.05, 0.1) is 13.0 Å². The van der Waals surface area contributed by atoms with E-state index in [1.165, 1.54) is 18.6 Å². The molecule has 1 unspecified atom stereocenters. The van der Waals surface area contributed by atoms with E-state index in [0.29, 0.717) is 12.5 Å². The maximum absolute atomic E-state index is 11.4. The van der Waals surface area contributed by atoms with Crippen LogP contribution in [-0.4, -0.2) is 35.5 Å². The molecule has 6 heteroatoms. The largest absolute Gasteiger partial charge is 0.469 e. The van der Waals surface area contributed by atoms with E-state index in [1.807, 2.05) is 0 Å². The van der Waals surface area contributed by atoms with Crippen molar-refractivity contribution < 1.29 is 9.53 Å². The van der Waals surface area contributed by atoms with Crippen LogP contribution < -0.4 is 4.90 Å². The number of anilines is 1. The minimum Gasteiger partial charge on any atom is -0.469 e. The van der Waals surface area contributed by atoms with Crippen LogP contribution >= 0.6 is 11.5 Å². The lowest BCUT2D eigenvalue weighted by molar-refractivity contribution is -0.144. The number of nitrogens with zero attached hydrogens (tertiary/aromatic N) is 3. The summed E-state index contributed by atoms with van der Waals surface area (Å²) in [4.78, 5) is 18.0. The highest BCUT2D eigenvalue weighted by Gasteiger charge is 2.30. The second-order valence-corrected chi connectivity index (χ2v) is 5.27. The van der Waals surface area contributed by atoms with E-state index < -0.39 is 0 Å². The van der Waals surface area contributed by atoms with Gasteiger partial charge in [-0.05, 0) is 6.42 Å². The normalized spacial score (nSPS) is 20.0. The van der Waals surface area contributed by atoms with E-state index in [4.69, 9.17) is 4.74 Å². The van der Waals surface area contributed by atoms with Gasteiger partial charge in [-0.1, -0.05) is 13.8 Å². The summed E-state index contributed by atoms with van der Waals surface area (Å²) in [5.41, 5.74) is 0. The standard InChI is InChI=1S/C11H17N3O2S/c1-7(2)9-12-11(17-13-9)14-5-4-8(6-14)10(15)16-3/h7-8H,4-6H2,1-3H3. The van der Waals surface area contributed by atoms with E-state index in [0.717, 1.165) is 23.9 Å². The summed E-state index contributed by atoms with van der Waals surface area (Å²) in [6.45, 7) is 5.70. The van der Waals surface area contributed by atoms with Gasteiger partial charge in [-0.3, -0.25) is 4.79 Å². The first kappa shape index (κ1) is 12.3. The van der Waals surface area contributed by atoms with Gasteiger partial charge in [0.1, 0.15) is 5.82 Å². The zero-order valence-corrected chi connectivity index (χ0v) is 11.2. The van der Waals surface area contributed by atoms with Crippen LogP contribution in [0.5, 0.6) is 0 Å². The second-order valence-electron chi connectivity index (χ2n) is 4.54. The van der Waals surface area contributed by atoms with Crippen LogP contribution in [0.4, 0.5) is 5.13 Å². The second kappa shape index (κ2) is 5.00. The molecule has 94 valence electrons. The van der Waals surface area contributed by atoms with Crippen molar-refractivity contribution in [3.63, 3.8) is 0 Å². The Bertz CT molecular complexity index is 405. The summed E-state index contributed by atoms with van der Waals surface area (Å²) in [7, 11) is 1.44. The Morgan fingerprint density at radius 2 is 2.35 bits per heavy atom. The van der Waals surface area contributed by atoms with Gasteiger partial charge in [-0.25, -0.2) is 4.98 Å². The minimum atomic E-state index is -0.124. The quantitative estimate of drug-likeness (QED) is 0.769. The van der Waals surface area contributed by atoms with Crippen molar-refractivity contribution in [3.8, 4) is 0 Å². The molecule has 0 spiro atoms. The zero-order valence-electron chi connectivity index (χ0n) is 10.3. The van der Waals surface area contributed by atoms with Crippen molar-refractivity contribution in [2.75, 3.05) is 25.1 Å². The fourth-order valence-electron chi connectivity index (χ4n) is 1.88. The molecule has 1 aliphatic heterocycles. The van der Waals surface area contributed by atoms with Crippen LogP contribution in [0.15, 0.2) is 0 Å². The first-order valence-electron chi connectivity index (χ1n) is 5.78. The summed E-state index contributed by atoms with van der Waals surface area (Å²) in [6.07, 6.45) is 0.837. The van der Waals surface area contributed by atoms with E-state index in [1.54, 1.807) is 0 Å². The van der Waals surface area contributed by atoms with Gasteiger partial charge in [0.25, 0.3) is 0 Å². The van der Waals surface area contributed by atoms with Crippen LogP contribution in [0.1, 0.15) is 32.0 Å². The maximum atomic E-state index is 11.4. The van der Waals surface area contributed by atoms with Crippen LogP contribution in [0.3, 0.4) is 0 Å². The summed E-state index contributed by atoms with van der Waals surface area (Å²) in [5, 5.41) is 0.917. The van der Waals surface area contributed by atoms with Crippen LogP contribution in [0.25, 0.3) is 0 Å². The first-order chi connectivity index (χ1) is 8.11. The summed E-state index contributed by atoms with van der Waals surface area (Å²) >= 11 is 1.41. The number of carbonyl (C=O) groups is 1. The minimum absolute atomic E-state index is 0.0219. The molecule has 0 aliphatic carbocycles. The van der Waals surface area contributed by atoms with Gasteiger partial charge in [-0.2, -0.15) is 4.37 Å². The summed E-state index contributed by atoms with van der Waals surface area (Å²) in [5.74, 6) is 1.08. The van der Waals surface area contributed by atoms with Gasteiger partial charge < -0.3 is 9.64 Å². The number of rotatable bonds is 3. The molecule has 0 radical (unpaired) electrons. The fraction of sp³-hybridized carbons (Fsp3) is 0.727. The zero-order chi connectivity index (χ0) is 12.4. The van der Waals surface area contributed by atoms with Crippen LogP contribution in [0.2, 0.25) is 0 Å². The summed E-state index contributed by atoms with van der Waals surface area (Å²) in [6, 6.07) is 0. The third kappa shape index (κ3) is 2.57. The number of hydrogen-bond acceptors (Lipinski definition) is 6. The number of esters is 1. The third-order valence-electron chi connectivity index (χ3n) is 2.94. The van der Waals surface area contributed by atoms with Crippen molar-refractivity contribution in [1.82, 2.24) is 9.36 Å². The number of methoxy groups -OCH3 is 1. The monoisotopic (exact) mass is 255 g/mol. The molecule has 0 N–H and O–H groups in total. The van der Waals surface area contributed by atoms with Gasteiger partial charge in [0.15, 0.2) is 0 Å². The Labute approximate surface area is 105 Å². The van der Waals surface area contributed by atoms with E-state index in [-0.39, 0.29) is 11.9 Å². The maximum Gasteiger partial charge on any atom is 0.310 e. The number of ether oxygens (including phenoxy) is 1. The van der Waals surface area contributed by atoms with Crippen LogP contribution in [-0.2, 0) is 9.53 Å². The molecule has 17 heavy (non-hydrogen) atoms. The Kier molecular flexibility index (Phi) is 3.61. The Morgan fingerprint density at radius 3 is 2.94 bits per heavy atom. The van der Waals surface area contributed by atoms with Crippen molar-refractivity contribution in [1.29, 1.82) is 0 Å². The Hall–Kier alpha value is -1.17. The molecule has 0 saturated carbocycles. The van der Waals surface area contributed by atoms with Gasteiger partial charge in [0.2, 0.25) is 5.13 Å². The number of carbonyl (C=O) groups excluding carboxylic acids is 1. The third-order valence-corrected chi connectivity index (χ3v) is 3.73. The number of hydrogen-bond donors (Lipinski definition) is 0. The molecule has 1 aromatic rings. The highest BCUT2D eigenvalue weighted by Crippen LogP contribution is 2.27. The lowest BCUT2D eigenvalue weighted by Gasteiger charge is -2.13. The fourth-order valence-corrected chi connectivity index (χ4v) is 2.72. The van der Waals surface area contributed by atoms with Crippen molar-refractivity contribution in [3.05, 3.63) is 5.82 Å². The smallest absolute Gasteiger partial charge is 0.310 e. The predicted molar refractivity (Wildman–Crippen MR) is 66.3 cm³/mol. The molecule has 0 aromatic carbocycles. The van der Waals surface area contributed by atoms with E-state index in [9.17, 15) is 4.79 Å². The SMILES string of the molecule is COC(=O)C1CCN(c2nc(C(C)C)ns2)C1. The van der Waals surface area contributed by atoms with Gasteiger partial charge in [0, 0.05) is 30.5 Å². The molecule has 2 rings (SSSR count). The molecule has 0 amide bonds. The lowest BCUT2D eigenvalue weighted by Crippen LogP contribution is -2.23. The van der Waals surface area contributed by atoms with Gasteiger partial charge >= 0.3 is 5.97 Å². The highest BCUT2D eigenvalue weighted by molar-refractivity contribution is 7.09. The molecule has 1 fully saturated rings. The Balaban J connectivity index is 2.02. The van der Waals surface area contributed by atoms with Crippen molar-refractivity contribution in [2.45, 2.75) is 26.2 Å². The predicted octanol–water partition coefficient (Wildman–Crippen LogP) is 1.66. The average Bonchev–Trinajstić information content (AvgIpc) is 2.95. The summed E-state index contributed by atoms with van der Waals surface area (Å²) < 4.78 is 9.09. The lowest BCUT2D eigenvalue weighted by atomic mass is 10.1. The molecule has 2 heterocycles. The molecule has 5 nitrogen and oxygen atoms in total. The van der Waals surface area contributed by atoms with Crippen molar-refractivity contribution >= 4 is 22.6 Å². The molecular weight excluding hydrogens is 238 g/mol. The molecular formula is C11H17N3O2S. The molecule has 1 aromatic heterocycles.